The van der Waals surface area contributed by atoms with Gasteiger partial charge in [0.15, 0.2) is 0 Å². The van der Waals surface area contributed by atoms with Gasteiger partial charge in [-0.2, -0.15) is 13.2 Å². The number of aromatic nitrogens is 2. The van der Waals surface area contributed by atoms with Crippen molar-refractivity contribution < 1.29 is 22.8 Å². The number of hydrogen-bond donors (Lipinski definition) is 2. The second kappa shape index (κ2) is 8.19. The van der Waals surface area contributed by atoms with Crippen LogP contribution in [0, 0.1) is 0 Å². The van der Waals surface area contributed by atoms with Crippen LogP contribution in [-0.2, 0) is 17.5 Å². The minimum Gasteiger partial charge on any atom is -0.366 e. The highest BCUT2D eigenvalue weighted by Gasteiger charge is 2.30. The Morgan fingerprint density at radius 2 is 1.67 bits per heavy atom. The topological polar surface area (TPSA) is 107 Å². The lowest BCUT2D eigenvalue weighted by atomic mass is 10.1. The third-order valence-corrected chi connectivity index (χ3v) is 4.15. The number of rotatable bonds is 5. The lowest BCUT2D eigenvalue weighted by Crippen LogP contribution is -2.27. The summed E-state index contributed by atoms with van der Waals surface area (Å²) in [4.78, 5) is 39.5. The zero-order valence-electron chi connectivity index (χ0n) is 15.3. The Bertz CT molecular complexity index is 1140. The first-order valence-corrected chi connectivity index (χ1v) is 8.57. The minimum absolute atomic E-state index is 0.187. The van der Waals surface area contributed by atoms with Crippen molar-refractivity contribution in [3.05, 3.63) is 82.4 Å². The van der Waals surface area contributed by atoms with Crippen LogP contribution in [0.4, 0.5) is 18.9 Å². The first kappa shape index (κ1) is 20.8. The van der Waals surface area contributed by atoms with Crippen LogP contribution in [0.25, 0.3) is 11.3 Å². The molecule has 0 aliphatic rings. The molecule has 0 aliphatic carbocycles. The van der Waals surface area contributed by atoms with E-state index in [1.54, 1.807) is 0 Å². The van der Waals surface area contributed by atoms with E-state index >= 15 is 0 Å². The molecule has 3 rings (SSSR count). The Morgan fingerprint density at radius 3 is 2.20 bits per heavy atom. The van der Waals surface area contributed by atoms with Crippen LogP contribution in [-0.4, -0.2) is 21.4 Å². The van der Waals surface area contributed by atoms with Crippen LogP contribution in [0.5, 0.6) is 0 Å². The third kappa shape index (κ3) is 4.90. The smallest absolute Gasteiger partial charge is 0.366 e. The molecule has 0 bridgehead atoms. The number of nitrogens with zero attached hydrogens (tertiary/aromatic N) is 2. The van der Waals surface area contributed by atoms with Gasteiger partial charge in [0.2, 0.25) is 11.8 Å². The van der Waals surface area contributed by atoms with Crippen molar-refractivity contribution in [3.63, 3.8) is 0 Å². The molecule has 0 unspecified atom stereocenters. The summed E-state index contributed by atoms with van der Waals surface area (Å²) in [6.07, 6.45) is -3.31. The molecule has 0 aliphatic heterocycles. The summed E-state index contributed by atoms with van der Waals surface area (Å²) in [5.41, 5.74) is 5.02. The zero-order valence-corrected chi connectivity index (χ0v) is 15.3. The number of amides is 2. The fourth-order valence-corrected chi connectivity index (χ4v) is 2.61. The van der Waals surface area contributed by atoms with E-state index in [0.717, 1.165) is 29.1 Å². The normalized spacial score (nSPS) is 11.2. The van der Waals surface area contributed by atoms with Crippen molar-refractivity contribution in [2.75, 3.05) is 5.32 Å². The van der Waals surface area contributed by atoms with E-state index in [4.69, 9.17) is 5.73 Å². The summed E-state index contributed by atoms with van der Waals surface area (Å²) in [7, 11) is 0. The molecule has 30 heavy (non-hydrogen) atoms. The SMILES string of the molecule is NC(=O)c1ccc(NC(=O)Cn2cnc(-c3ccc(C(F)(F)F)cc3)cc2=O)cc1. The Labute approximate surface area is 168 Å². The molecule has 3 aromatic rings. The molecule has 7 nitrogen and oxygen atoms in total. The largest absolute Gasteiger partial charge is 0.416 e. The first-order valence-electron chi connectivity index (χ1n) is 8.57. The fraction of sp³-hybridized carbons (Fsp3) is 0.100. The van der Waals surface area contributed by atoms with Gasteiger partial charge in [0.1, 0.15) is 6.54 Å². The van der Waals surface area contributed by atoms with Crippen LogP contribution >= 0.6 is 0 Å². The highest BCUT2D eigenvalue weighted by molar-refractivity contribution is 5.94. The van der Waals surface area contributed by atoms with Crippen molar-refractivity contribution in [1.82, 2.24) is 9.55 Å². The summed E-state index contributed by atoms with van der Waals surface area (Å²) in [6, 6.07) is 11.3. The second-order valence-corrected chi connectivity index (χ2v) is 6.31. The van der Waals surface area contributed by atoms with E-state index in [2.05, 4.69) is 10.3 Å². The van der Waals surface area contributed by atoms with Crippen LogP contribution in [0.3, 0.4) is 0 Å². The predicted molar refractivity (Wildman–Crippen MR) is 103 cm³/mol. The second-order valence-electron chi connectivity index (χ2n) is 6.31. The molecule has 0 radical (unpaired) electrons. The van der Waals surface area contributed by atoms with Crippen LogP contribution in [0.2, 0.25) is 0 Å². The Hall–Kier alpha value is -3.95. The quantitative estimate of drug-likeness (QED) is 0.667. The van der Waals surface area contributed by atoms with Crippen molar-refractivity contribution in [2.45, 2.75) is 12.7 Å². The van der Waals surface area contributed by atoms with Crippen LogP contribution in [0.1, 0.15) is 15.9 Å². The van der Waals surface area contributed by atoms with Gasteiger partial charge >= 0.3 is 6.18 Å². The lowest BCUT2D eigenvalue weighted by Gasteiger charge is -2.09. The van der Waals surface area contributed by atoms with Crippen molar-refractivity contribution in [3.8, 4) is 11.3 Å². The number of carbonyl (C=O) groups excluding carboxylic acids is 2. The van der Waals surface area contributed by atoms with Crippen LogP contribution < -0.4 is 16.6 Å². The summed E-state index contributed by atoms with van der Waals surface area (Å²) in [6.45, 7) is -0.323. The van der Waals surface area contributed by atoms with Crippen molar-refractivity contribution >= 4 is 17.5 Å². The van der Waals surface area contributed by atoms with E-state index in [1.165, 1.54) is 36.4 Å². The molecule has 10 heteroatoms. The molecule has 0 saturated carbocycles. The molecule has 1 heterocycles. The van der Waals surface area contributed by atoms with E-state index in [-0.39, 0.29) is 17.8 Å². The molecule has 0 saturated heterocycles. The third-order valence-electron chi connectivity index (χ3n) is 4.15. The standard InChI is InChI=1S/C20H15F3N4O3/c21-20(22,23)14-5-1-12(2-6-14)16-9-18(29)27(11-25-16)10-17(28)26-15-7-3-13(4-8-15)19(24)30/h1-9,11H,10H2,(H2,24,30)(H,26,28). The molecule has 0 spiro atoms. The van der Waals surface area contributed by atoms with E-state index in [0.29, 0.717) is 11.3 Å². The molecule has 1 aromatic heterocycles. The van der Waals surface area contributed by atoms with Gasteiger partial charge in [-0.1, -0.05) is 12.1 Å². The number of hydrogen-bond acceptors (Lipinski definition) is 4. The molecule has 2 aromatic carbocycles. The predicted octanol–water partition coefficient (Wildman–Crippen LogP) is 2.67. The maximum Gasteiger partial charge on any atom is 0.416 e. The molecule has 3 N–H and O–H groups in total. The summed E-state index contributed by atoms with van der Waals surface area (Å²) >= 11 is 0. The first-order chi connectivity index (χ1) is 14.1. The van der Waals surface area contributed by atoms with Gasteiger partial charge in [0.25, 0.3) is 5.56 Å². The number of alkyl halides is 3. The number of primary amides is 1. The molecule has 154 valence electrons. The lowest BCUT2D eigenvalue weighted by molar-refractivity contribution is -0.137. The van der Waals surface area contributed by atoms with Crippen LogP contribution in [0.15, 0.2) is 65.7 Å². The maximum absolute atomic E-state index is 12.6. The zero-order chi connectivity index (χ0) is 21.9. The van der Waals surface area contributed by atoms with E-state index in [9.17, 15) is 27.6 Å². The highest BCUT2D eigenvalue weighted by atomic mass is 19.4. The summed E-state index contributed by atoms with van der Waals surface area (Å²) in [5, 5.41) is 2.57. The number of nitrogens with two attached hydrogens (primary N) is 1. The summed E-state index contributed by atoms with van der Waals surface area (Å²) in [5.74, 6) is -1.10. The maximum atomic E-state index is 12.6. The average molecular weight is 416 g/mol. The van der Waals surface area contributed by atoms with Gasteiger partial charge in [-0.05, 0) is 36.4 Å². The molecule has 0 atom stereocenters. The number of halogens is 3. The number of carbonyl (C=O) groups is 2. The van der Waals surface area contributed by atoms with Gasteiger partial charge in [-0.15, -0.1) is 0 Å². The fourth-order valence-electron chi connectivity index (χ4n) is 2.61. The summed E-state index contributed by atoms with van der Waals surface area (Å²) < 4.78 is 39.0. The van der Waals surface area contributed by atoms with Crippen molar-refractivity contribution in [2.24, 2.45) is 5.73 Å². The average Bonchev–Trinajstić information content (AvgIpc) is 2.69. The number of nitrogens with one attached hydrogen (secondary N) is 1. The molecule has 0 fully saturated rings. The van der Waals surface area contributed by atoms with Gasteiger partial charge in [0.05, 0.1) is 17.6 Å². The Kier molecular flexibility index (Phi) is 5.67. The number of anilines is 1. The monoisotopic (exact) mass is 416 g/mol. The van der Waals surface area contributed by atoms with Gasteiger partial charge < -0.3 is 11.1 Å². The van der Waals surface area contributed by atoms with E-state index in [1.807, 2.05) is 0 Å². The number of benzene rings is 2. The van der Waals surface area contributed by atoms with Gasteiger partial charge in [-0.25, -0.2) is 4.98 Å². The van der Waals surface area contributed by atoms with Gasteiger partial charge in [0, 0.05) is 22.9 Å². The molecular weight excluding hydrogens is 401 g/mol. The Morgan fingerprint density at radius 1 is 1.03 bits per heavy atom. The Balaban J connectivity index is 1.70. The van der Waals surface area contributed by atoms with Crippen molar-refractivity contribution in [1.29, 1.82) is 0 Å². The molecule has 2 amide bonds. The minimum atomic E-state index is -4.46. The van der Waals surface area contributed by atoms with E-state index < -0.39 is 29.1 Å². The van der Waals surface area contributed by atoms with Gasteiger partial charge in [-0.3, -0.25) is 19.0 Å². The highest BCUT2D eigenvalue weighted by Crippen LogP contribution is 2.30. The molecular formula is C20H15F3N4O3.